The average molecular weight is 541 g/mol. The molecule has 1 aliphatic carbocycles. The molecular weight excluding hydrogens is 508 g/mol. The first-order chi connectivity index (χ1) is 18.9. The number of carboxylic acid groups (broad SMARTS) is 1. The van der Waals surface area contributed by atoms with Gasteiger partial charge in [0.25, 0.3) is 0 Å². The summed E-state index contributed by atoms with van der Waals surface area (Å²) < 4.78 is 0. The molecule has 1 fully saturated rings. The number of para-hydroxylation sites is 1. The fourth-order valence-electron chi connectivity index (χ4n) is 5.89. The Labute approximate surface area is 234 Å². The predicted octanol–water partition coefficient (Wildman–Crippen LogP) is 7.85. The molecule has 1 aromatic heterocycles. The number of amides is 1. The molecule has 0 radical (unpaired) electrons. The van der Waals surface area contributed by atoms with Gasteiger partial charge in [-0.1, -0.05) is 54.1 Å². The average Bonchev–Trinajstić information content (AvgIpc) is 2.97. The lowest BCUT2D eigenvalue weighted by Crippen LogP contribution is -2.33. The van der Waals surface area contributed by atoms with Gasteiger partial charge in [0.1, 0.15) is 0 Å². The second-order valence-corrected chi connectivity index (χ2v) is 11.1. The largest absolute Gasteiger partial charge is 0.481 e. The SMILES string of the molecule is C[C@H](C(=O)O)c1ccc(CC(C(=O)Nc2ccc(Cl)cc2)[C@H]2CC[C@@H](c3ccnc4ccccc43)CC2)cc1. The zero-order valence-corrected chi connectivity index (χ0v) is 22.8. The van der Waals surface area contributed by atoms with E-state index in [1.165, 1.54) is 10.9 Å². The monoisotopic (exact) mass is 540 g/mol. The van der Waals surface area contributed by atoms with Crippen molar-refractivity contribution < 1.29 is 14.7 Å². The van der Waals surface area contributed by atoms with Crippen molar-refractivity contribution in [3.63, 3.8) is 0 Å². The van der Waals surface area contributed by atoms with Gasteiger partial charge in [-0.25, -0.2) is 0 Å². The molecule has 1 unspecified atom stereocenters. The number of pyridine rings is 1. The van der Waals surface area contributed by atoms with E-state index in [1.807, 2.05) is 48.7 Å². The van der Waals surface area contributed by atoms with Crippen molar-refractivity contribution >= 4 is 40.1 Å². The highest BCUT2D eigenvalue weighted by Crippen LogP contribution is 2.41. The van der Waals surface area contributed by atoms with Crippen molar-refractivity contribution in [3.05, 3.63) is 107 Å². The number of benzene rings is 3. The number of hydrogen-bond donors (Lipinski definition) is 2. The molecule has 0 aliphatic heterocycles. The molecule has 2 atom stereocenters. The Morgan fingerprint density at radius 1 is 0.949 bits per heavy atom. The van der Waals surface area contributed by atoms with E-state index in [2.05, 4.69) is 34.6 Å². The minimum absolute atomic E-state index is 0.0121. The molecule has 1 amide bonds. The molecule has 2 N–H and O–H groups in total. The van der Waals surface area contributed by atoms with Crippen LogP contribution in [0.2, 0.25) is 5.02 Å². The second-order valence-electron chi connectivity index (χ2n) is 10.6. The van der Waals surface area contributed by atoms with Crippen LogP contribution in [0.15, 0.2) is 85.1 Å². The van der Waals surface area contributed by atoms with E-state index < -0.39 is 11.9 Å². The Morgan fingerprint density at radius 3 is 2.33 bits per heavy atom. The van der Waals surface area contributed by atoms with Crippen LogP contribution in [0, 0.1) is 11.8 Å². The van der Waals surface area contributed by atoms with Gasteiger partial charge in [0, 0.05) is 28.2 Å². The number of nitrogens with one attached hydrogen (secondary N) is 1. The maximum absolute atomic E-state index is 13.7. The van der Waals surface area contributed by atoms with Gasteiger partial charge in [-0.2, -0.15) is 0 Å². The third-order valence-electron chi connectivity index (χ3n) is 8.22. The number of hydrogen-bond acceptors (Lipinski definition) is 3. The summed E-state index contributed by atoms with van der Waals surface area (Å²) in [5.74, 6) is -0.897. The van der Waals surface area contributed by atoms with E-state index in [9.17, 15) is 14.7 Å². The van der Waals surface area contributed by atoms with E-state index in [-0.39, 0.29) is 17.7 Å². The van der Waals surface area contributed by atoms with Crippen LogP contribution < -0.4 is 5.32 Å². The fourth-order valence-corrected chi connectivity index (χ4v) is 6.01. The Kier molecular flexibility index (Phi) is 8.27. The highest BCUT2D eigenvalue weighted by atomic mass is 35.5. The summed E-state index contributed by atoms with van der Waals surface area (Å²) in [6.07, 6.45) is 6.49. The van der Waals surface area contributed by atoms with Gasteiger partial charge in [0.15, 0.2) is 0 Å². The van der Waals surface area contributed by atoms with E-state index in [4.69, 9.17) is 11.6 Å². The first kappa shape index (κ1) is 26.9. The van der Waals surface area contributed by atoms with Crippen molar-refractivity contribution in [2.75, 3.05) is 5.32 Å². The molecule has 0 saturated heterocycles. The highest BCUT2D eigenvalue weighted by molar-refractivity contribution is 6.30. The number of nitrogens with zero attached hydrogens (tertiary/aromatic N) is 1. The number of carbonyl (C=O) groups is 2. The van der Waals surface area contributed by atoms with E-state index >= 15 is 0 Å². The summed E-state index contributed by atoms with van der Waals surface area (Å²) in [6, 6.07) is 25.3. The summed E-state index contributed by atoms with van der Waals surface area (Å²) in [5, 5.41) is 14.3. The van der Waals surface area contributed by atoms with Crippen LogP contribution in [0.1, 0.15) is 61.1 Å². The standard InChI is InChI=1S/C33H33ClN2O3/c1-21(33(38)39)23-8-6-22(7-9-23)20-30(32(37)36-27-16-14-26(34)15-17-27)25-12-10-24(11-13-25)28-18-19-35-31-5-3-2-4-29(28)31/h2-9,14-19,21,24-25,30H,10-13,20H2,1H3,(H,36,37)(H,38,39)/t21-,24-,25+,30?/m0/s1. The van der Waals surface area contributed by atoms with Gasteiger partial charge in [-0.15, -0.1) is 0 Å². The molecule has 1 aliphatic rings. The smallest absolute Gasteiger partial charge is 0.310 e. The van der Waals surface area contributed by atoms with Gasteiger partial charge in [0.05, 0.1) is 11.4 Å². The normalized spacial score (nSPS) is 18.8. The number of fused-ring (bicyclic) bond motifs is 1. The molecule has 5 rings (SSSR count). The zero-order chi connectivity index (χ0) is 27.4. The van der Waals surface area contributed by atoms with Crippen LogP contribution in [0.3, 0.4) is 0 Å². The molecule has 39 heavy (non-hydrogen) atoms. The molecule has 4 aromatic rings. The first-order valence-electron chi connectivity index (χ1n) is 13.6. The molecule has 6 heteroatoms. The second kappa shape index (κ2) is 12.0. The fraction of sp³-hybridized carbons (Fsp3) is 0.303. The maximum atomic E-state index is 13.7. The van der Waals surface area contributed by atoms with Crippen LogP contribution in [0.4, 0.5) is 5.69 Å². The molecule has 0 bridgehead atoms. The lowest BCUT2D eigenvalue weighted by Gasteiger charge is -2.34. The van der Waals surface area contributed by atoms with Gasteiger partial charge in [0.2, 0.25) is 5.91 Å². The molecule has 200 valence electrons. The lowest BCUT2D eigenvalue weighted by atomic mass is 9.71. The number of anilines is 1. The number of carboxylic acids is 1. The van der Waals surface area contributed by atoms with Gasteiger partial charge >= 0.3 is 5.97 Å². The molecule has 0 spiro atoms. The van der Waals surface area contributed by atoms with Crippen LogP contribution in [0.25, 0.3) is 10.9 Å². The van der Waals surface area contributed by atoms with E-state index in [1.54, 1.807) is 19.1 Å². The Morgan fingerprint density at radius 2 is 1.64 bits per heavy atom. The van der Waals surface area contributed by atoms with Crippen LogP contribution in [-0.2, 0) is 16.0 Å². The summed E-state index contributed by atoms with van der Waals surface area (Å²) in [4.78, 5) is 29.6. The maximum Gasteiger partial charge on any atom is 0.310 e. The predicted molar refractivity (Wildman–Crippen MR) is 156 cm³/mol. The van der Waals surface area contributed by atoms with E-state index in [0.717, 1.165) is 48.0 Å². The molecule has 1 heterocycles. The van der Waals surface area contributed by atoms with Crippen LogP contribution in [0.5, 0.6) is 0 Å². The van der Waals surface area contributed by atoms with Crippen molar-refractivity contribution in [2.45, 2.75) is 50.9 Å². The minimum Gasteiger partial charge on any atom is -0.481 e. The van der Waals surface area contributed by atoms with Crippen LogP contribution in [-0.4, -0.2) is 22.0 Å². The molecular formula is C33H33ClN2O3. The summed E-state index contributed by atoms with van der Waals surface area (Å²) in [5.41, 5.74) is 4.91. The summed E-state index contributed by atoms with van der Waals surface area (Å²) in [6.45, 7) is 1.68. The molecule has 3 aromatic carbocycles. The van der Waals surface area contributed by atoms with Crippen molar-refractivity contribution in [2.24, 2.45) is 11.8 Å². The Balaban J connectivity index is 1.34. The summed E-state index contributed by atoms with van der Waals surface area (Å²) >= 11 is 6.04. The van der Waals surface area contributed by atoms with Crippen molar-refractivity contribution in [3.8, 4) is 0 Å². The van der Waals surface area contributed by atoms with Gasteiger partial charge in [-0.3, -0.25) is 14.6 Å². The van der Waals surface area contributed by atoms with E-state index in [0.29, 0.717) is 17.4 Å². The minimum atomic E-state index is -0.846. The quantitative estimate of drug-likeness (QED) is 0.238. The number of aliphatic carboxylic acids is 1. The lowest BCUT2D eigenvalue weighted by molar-refractivity contribution is -0.138. The Bertz CT molecular complexity index is 1440. The highest BCUT2D eigenvalue weighted by Gasteiger charge is 2.33. The molecule has 5 nitrogen and oxygen atoms in total. The zero-order valence-electron chi connectivity index (χ0n) is 22.0. The van der Waals surface area contributed by atoms with Crippen molar-refractivity contribution in [1.82, 2.24) is 4.98 Å². The van der Waals surface area contributed by atoms with Crippen molar-refractivity contribution in [1.29, 1.82) is 0 Å². The number of carbonyl (C=O) groups excluding carboxylic acids is 1. The molecule has 1 saturated carbocycles. The third-order valence-corrected chi connectivity index (χ3v) is 8.47. The van der Waals surface area contributed by atoms with Crippen LogP contribution >= 0.6 is 11.6 Å². The van der Waals surface area contributed by atoms with Gasteiger partial charge < -0.3 is 10.4 Å². The third kappa shape index (κ3) is 6.31. The Hall–Kier alpha value is -3.70. The van der Waals surface area contributed by atoms with Gasteiger partial charge in [-0.05, 0) is 104 Å². The topological polar surface area (TPSA) is 79.3 Å². The number of halogens is 1. The summed E-state index contributed by atoms with van der Waals surface area (Å²) in [7, 11) is 0. The number of rotatable bonds is 8. The number of aromatic nitrogens is 1. The first-order valence-corrected chi connectivity index (χ1v) is 14.0.